The minimum Gasteiger partial charge on any atom is -0.227 e. The fourth-order valence-corrected chi connectivity index (χ4v) is 0.550. The van der Waals surface area contributed by atoms with Gasteiger partial charge in [0, 0.05) is 17.7 Å². The number of aromatic nitrogens is 1. The molecule has 0 radical (unpaired) electrons. The van der Waals surface area contributed by atoms with Crippen LogP contribution in [0.1, 0.15) is 5.56 Å². The fraction of sp³-hybridized carbons (Fsp3) is 0. The van der Waals surface area contributed by atoms with Crippen LogP contribution < -0.4 is 0 Å². The molecule has 3 heteroatoms. The zero-order chi connectivity index (χ0) is 8.10. The summed E-state index contributed by atoms with van der Waals surface area (Å²) in [7, 11) is 0. The van der Waals surface area contributed by atoms with Crippen molar-refractivity contribution in [2.24, 2.45) is 0 Å². The molecular weight excluding hydrogens is 143 g/mol. The molecule has 0 aliphatic carbocycles. The summed E-state index contributed by atoms with van der Waals surface area (Å²) in [6.07, 6.45) is 1.28. The van der Waals surface area contributed by atoms with E-state index >= 15 is 0 Å². The highest BCUT2D eigenvalue weighted by molar-refractivity contribution is 5.35. The molecule has 52 valence electrons. The summed E-state index contributed by atoms with van der Waals surface area (Å²) in [5.74, 6) is 4.11. The SMILES string of the molecule is N#CC#Cc1ccc(F)nc1. The highest BCUT2D eigenvalue weighted by Crippen LogP contribution is 1.95. The molecule has 1 aromatic heterocycles. The topological polar surface area (TPSA) is 36.7 Å². The molecule has 0 atom stereocenters. The van der Waals surface area contributed by atoms with Crippen molar-refractivity contribution in [2.45, 2.75) is 0 Å². The molecule has 0 aliphatic rings. The van der Waals surface area contributed by atoms with E-state index in [0.29, 0.717) is 5.56 Å². The maximum atomic E-state index is 12.2. The Morgan fingerprint density at radius 1 is 1.45 bits per heavy atom. The van der Waals surface area contributed by atoms with E-state index < -0.39 is 5.95 Å². The van der Waals surface area contributed by atoms with Gasteiger partial charge in [-0.15, -0.1) is 0 Å². The number of nitriles is 1. The van der Waals surface area contributed by atoms with Crippen molar-refractivity contribution in [1.82, 2.24) is 4.98 Å². The van der Waals surface area contributed by atoms with E-state index in [1.54, 1.807) is 6.07 Å². The average molecular weight is 146 g/mol. The largest absolute Gasteiger partial charge is 0.227 e. The predicted octanol–water partition coefficient (Wildman–Crippen LogP) is 1.10. The van der Waals surface area contributed by atoms with Crippen molar-refractivity contribution in [3.05, 3.63) is 29.8 Å². The minimum atomic E-state index is -0.549. The number of nitrogens with zero attached hydrogens (tertiary/aromatic N) is 2. The molecule has 2 nitrogen and oxygen atoms in total. The number of pyridine rings is 1. The Kier molecular flexibility index (Phi) is 2.20. The van der Waals surface area contributed by atoms with Gasteiger partial charge in [0.2, 0.25) is 5.95 Å². The van der Waals surface area contributed by atoms with E-state index in [-0.39, 0.29) is 0 Å². The van der Waals surface area contributed by atoms with Gasteiger partial charge in [-0.1, -0.05) is 0 Å². The van der Waals surface area contributed by atoms with Crippen LogP contribution in [0, 0.1) is 29.1 Å². The first-order valence-corrected chi connectivity index (χ1v) is 2.84. The Morgan fingerprint density at radius 3 is 2.82 bits per heavy atom. The van der Waals surface area contributed by atoms with Crippen LogP contribution in [-0.2, 0) is 0 Å². The minimum absolute atomic E-state index is 0.535. The van der Waals surface area contributed by atoms with Gasteiger partial charge < -0.3 is 0 Å². The molecule has 0 saturated carbocycles. The molecular formula is C8H3FN2. The van der Waals surface area contributed by atoms with Gasteiger partial charge in [0.1, 0.15) is 0 Å². The van der Waals surface area contributed by atoms with Crippen molar-refractivity contribution >= 4 is 0 Å². The highest BCUT2D eigenvalue weighted by atomic mass is 19.1. The van der Waals surface area contributed by atoms with E-state index in [0.717, 1.165) is 0 Å². The maximum Gasteiger partial charge on any atom is 0.212 e. The van der Waals surface area contributed by atoms with E-state index in [9.17, 15) is 4.39 Å². The zero-order valence-electron chi connectivity index (χ0n) is 5.50. The number of hydrogen-bond acceptors (Lipinski definition) is 2. The van der Waals surface area contributed by atoms with Crippen molar-refractivity contribution in [1.29, 1.82) is 5.26 Å². The average Bonchev–Trinajstić information content (AvgIpc) is 2.04. The Labute approximate surface area is 63.3 Å². The highest BCUT2D eigenvalue weighted by Gasteiger charge is 1.88. The Bertz CT molecular complexity index is 337. The summed E-state index contributed by atoms with van der Waals surface area (Å²) in [5.41, 5.74) is 0.535. The Morgan fingerprint density at radius 2 is 2.27 bits per heavy atom. The summed E-state index contributed by atoms with van der Waals surface area (Å²) in [6.45, 7) is 0. The summed E-state index contributed by atoms with van der Waals surface area (Å²) in [6, 6.07) is 4.31. The second kappa shape index (κ2) is 3.34. The normalized spacial score (nSPS) is 7.64. The number of halogens is 1. The van der Waals surface area contributed by atoms with Crippen LogP contribution in [0.5, 0.6) is 0 Å². The molecule has 0 saturated heterocycles. The summed E-state index contributed by atoms with van der Waals surface area (Å²) in [4.78, 5) is 3.35. The van der Waals surface area contributed by atoms with Crippen LogP contribution >= 0.6 is 0 Å². The molecule has 1 aromatic rings. The van der Waals surface area contributed by atoms with Crippen LogP contribution in [0.3, 0.4) is 0 Å². The molecule has 0 bridgehead atoms. The van der Waals surface area contributed by atoms with Gasteiger partial charge in [-0.25, -0.2) is 4.98 Å². The second-order valence-electron chi connectivity index (χ2n) is 1.73. The van der Waals surface area contributed by atoms with Crippen molar-refractivity contribution in [3.8, 4) is 17.9 Å². The monoisotopic (exact) mass is 146 g/mol. The molecule has 0 N–H and O–H groups in total. The summed E-state index contributed by atoms with van der Waals surface area (Å²) < 4.78 is 12.2. The Balaban J connectivity index is 2.93. The van der Waals surface area contributed by atoms with E-state index in [4.69, 9.17) is 5.26 Å². The molecule has 0 amide bonds. The van der Waals surface area contributed by atoms with Gasteiger partial charge in [-0.05, 0) is 18.1 Å². The zero-order valence-corrected chi connectivity index (χ0v) is 5.50. The third kappa shape index (κ3) is 2.08. The maximum absolute atomic E-state index is 12.2. The molecule has 0 aliphatic heterocycles. The molecule has 1 heterocycles. The molecule has 11 heavy (non-hydrogen) atoms. The van der Waals surface area contributed by atoms with Gasteiger partial charge in [-0.3, -0.25) is 0 Å². The standard InChI is InChI=1S/C8H3FN2/c9-8-4-3-7(6-11-8)2-1-5-10/h3-4,6H. The number of rotatable bonds is 0. The first-order chi connectivity index (χ1) is 5.33. The second-order valence-corrected chi connectivity index (χ2v) is 1.73. The van der Waals surface area contributed by atoms with Crippen molar-refractivity contribution in [3.63, 3.8) is 0 Å². The lowest BCUT2D eigenvalue weighted by Crippen LogP contribution is -1.81. The van der Waals surface area contributed by atoms with Crippen molar-refractivity contribution < 1.29 is 4.39 Å². The smallest absolute Gasteiger partial charge is 0.212 e. The van der Waals surface area contributed by atoms with E-state index in [2.05, 4.69) is 16.8 Å². The lowest BCUT2D eigenvalue weighted by atomic mass is 10.3. The molecule has 0 aromatic carbocycles. The van der Waals surface area contributed by atoms with Crippen LogP contribution in [-0.4, -0.2) is 4.98 Å². The van der Waals surface area contributed by atoms with Crippen LogP contribution in [0.15, 0.2) is 18.3 Å². The van der Waals surface area contributed by atoms with Crippen LogP contribution in [0.25, 0.3) is 0 Å². The van der Waals surface area contributed by atoms with Gasteiger partial charge in [0.05, 0.1) is 0 Å². The van der Waals surface area contributed by atoms with Gasteiger partial charge in [0.25, 0.3) is 0 Å². The molecule has 0 spiro atoms. The summed E-state index contributed by atoms with van der Waals surface area (Å²) >= 11 is 0. The van der Waals surface area contributed by atoms with Gasteiger partial charge >= 0.3 is 0 Å². The van der Waals surface area contributed by atoms with Gasteiger partial charge in [0.15, 0.2) is 6.07 Å². The fourth-order valence-electron chi connectivity index (χ4n) is 0.550. The van der Waals surface area contributed by atoms with Crippen LogP contribution in [0.4, 0.5) is 4.39 Å². The number of hydrogen-bond donors (Lipinski definition) is 0. The van der Waals surface area contributed by atoms with E-state index in [1.165, 1.54) is 18.3 Å². The first kappa shape index (κ1) is 7.24. The lowest BCUT2D eigenvalue weighted by molar-refractivity contribution is 0.583. The van der Waals surface area contributed by atoms with Crippen LogP contribution in [0.2, 0.25) is 0 Å². The third-order valence-electron chi connectivity index (χ3n) is 0.990. The Hall–Kier alpha value is -1.87. The van der Waals surface area contributed by atoms with Crippen molar-refractivity contribution in [2.75, 3.05) is 0 Å². The lowest BCUT2D eigenvalue weighted by Gasteiger charge is -1.86. The summed E-state index contributed by atoms with van der Waals surface area (Å²) in [5, 5.41) is 8.06. The predicted molar refractivity (Wildman–Crippen MR) is 36.7 cm³/mol. The van der Waals surface area contributed by atoms with Gasteiger partial charge in [-0.2, -0.15) is 9.65 Å². The molecule has 0 unspecified atom stereocenters. The molecule has 1 rings (SSSR count). The first-order valence-electron chi connectivity index (χ1n) is 2.84. The third-order valence-corrected chi connectivity index (χ3v) is 0.990. The van der Waals surface area contributed by atoms with E-state index in [1.807, 2.05) is 0 Å². The molecule has 0 fully saturated rings. The quantitative estimate of drug-likeness (QED) is 0.406.